The summed E-state index contributed by atoms with van der Waals surface area (Å²) in [7, 11) is 0. The highest BCUT2D eigenvalue weighted by Crippen LogP contribution is 2.52. The number of benzene rings is 10. The van der Waals surface area contributed by atoms with Gasteiger partial charge in [0.1, 0.15) is 0 Å². The van der Waals surface area contributed by atoms with Crippen molar-refractivity contribution in [1.29, 1.82) is 0 Å². The summed E-state index contributed by atoms with van der Waals surface area (Å²) in [6, 6.07) is 86.6. The normalized spacial score (nSPS) is 12.5. The second kappa shape index (κ2) is 15.4. The number of anilines is 3. The third-order valence-electron chi connectivity index (χ3n) is 12.9. The summed E-state index contributed by atoms with van der Waals surface area (Å²) in [5, 5.41) is 2.48. The fourth-order valence-electron chi connectivity index (χ4n) is 9.82. The molecule has 0 amide bonds. The van der Waals surface area contributed by atoms with E-state index in [0.29, 0.717) is 0 Å². The number of fused-ring (bicyclic) bond motifs is 4. The summed E-state index contributed by atoms with van der Waals surface area (Å²) in [5.41, 5.74) is 20.7. The van der Waals surface area contributed by atoms with Gasteiger partial charge in [0.2, 0.25) is 0 Å². The summed E-state index contributed by atoms with van der Waals surface area (Å²) < 4.78 is 0. The molecule has 0 fully saturated rings. The maximum atomic E-state index is 2.44. The van der Waals surface area contributed by atoms with Crippen LogP contribution < -0.4 is 4.90 Å². The monoisotopic (exact) mass is 791 g/mol. The SMILES string of the molecule is CC1(C)c2ccccc2-c2cccc(-c3ccc(N(c4ccc(-c5ccc(-c6ccccc6)cc5)cc4)c4cc(-c5cccc6ccccc56)ccc4-c4ccccc4)cc3)c21. The predicted molar refractivity (Wildman–Crippen MR) is 263 cm³/mol. The first-order valence-electron chi connectivity index (χ1n) is 21.6. The first-order valence-corrected chi connectivity index (χ1v) is 21.6. The molecule has 1 aliphatic carbocycles. The smallest absolute Gasteiger partial charge is 0.0546 e. The van der Waals surface area contributed by atoms with Crippen LogP contribution in [0.15, 0.2) is 237 Å². The highest BCUT2D eigenvalue weighted by atomic mass is 15.1. The summed E-state index contributed by atoms with van der Waals surface area (Å²) in [6.07, 6.45) is 0. The van der Waals surface area contributed by atoms with Crippen LogP contribution in [0, 0.1) is 0 Å². The van der Waals surface area contributed by atoms with Gasteiger partial charge >= 0.3 is 0 Å². The Balaban J connectivity index is 1.06. The van der Waals surface area contributed by atoms with Crippen molar-refractivity contribution in [2.75, 3.05) is 4.90 Å². The largest absolute Gasteiger partial charge is 0.310 e. The maximum absolute atomic E-state index is 2.44. The Morgan fingerprint density at radius 1 is 0.306 bits per heavy atom. The van der Waals surface area contributed by atoms with E-state index >= 15 is 0 Å². The van der Waals surface area contributed by atoms with Crippen molar-refractivity contribution >= 4 is 27.8 Å². The van der Waals surface area contributed by atoms with Gasteiger partial charge in [-0.15, -0.1) is 0 Å². The van der Waals surface area contributed by atoms with Crippen LogP contribution in [0.4, 0.5) is 17.1 Å². The lowest BCUT2D eigenvalue weighted by molar-refractivity contribution is 0.662. The highest BCUT2D eigenvalue weighted by molar-refractivity contribution is 5.99. The molecular formula is C61H45N. The van der Waals surface area contributed by atoms with Crippen LogP contribution >= 0.6 is 0 Å². The van der Waals surface area contributed by atoms with E-state index in [-0.39, 0.29) is 5.41 Å². The molecular weight excluding hydrogens is 747 g/mol. The van der Waals surface area contributed by atoms with E-state index in [0.717, 1.165) is 17.1 Å². The molecule has 0 aromatic heterocycles. The lowest BCUT2D eigenvalue weighted by atomic mass is 9.79. The van der Waals surface area contributed by atoms with Crippen molar-refractivity contribution in [3.8, 4) is 66.8 Å². The molecule has 294 valence electrons. The van der Waals surface area contributed by atoms with Gasteiger partial charge < -0.3 is 4.90 Å². The molecule has 0 atom stereocenters. The fourth-order valence-corrected chi connectivity index (χ4v) is 9.82. The minimum atomic E-state index is -0.108. The third kappa shape index (κ3) is 6.51. The zero-order chi connectivity index (χ0) is 41.6. The Hall–Kier alpha value is -7.74. The van der Waals surface area contributed by atoms with Crippen molar-refractivity contribution in [1.82, 2.24) is 0 Å². The molecule has 0 N–H and O–H groups in total. The van der Waals surface area contributed by atoms with Gasteiger partial charge in [-0.3, -0.25) is 0 Å². The minimum Gasteiger partial charge on any atom is -0.310 e. The minimum absolute atomic E-state index is 0.108. The van der Waals surface area contributed by atoms with Gasteiger partial charge in [-0.2, -0.15) is 0 Å². The van der Waals surface area contributed by atoms with Crippen molar-refractivity contribution < 1.29 is 0 Å². The van der Waals surface area contributed by atoms with Gasteiger partial charge in [-0.1, -0.05) is 220 Å². The second-order valence-electron chi connectivity index (χ2n) is 16.9. The molecule has 11 rings (SSSR count). The molecule has 0 saturated heterocycles. The lowest BCUT2D eigenvalue weighted by Crippen LogP contribution is -2.16. The third-order valence-corrected chi connectivity index (χ3v) is 12.9. The van der Waals surface area contributed by atoms with Crippen LogP contribution in [0.25, 0.3) is 77.5 Å². The molecule has 0 saturated carbocycles. The summed E-state index contributed by atoms with van der Waals surface area (Å²) >= 11 is 0. The Kier molecular flexibility index (Phi) is 9.24. The first-order chi connectivity index (χ1) is 30.5. The molecule has 1 nitrogen and oxygen atoms in total. The number of hydrogen-bond donors (Lipinski definition) is 0. The molecule has 0 bridgehead atoms. The number of nitrogens with zero attached hydrogens (tertiary/aromatic N) is 1. The van der Waals surface area contributed by atoms with E-state index in [1.807, 2.05) is 0 Å². The lowest BCUT2D eigenvalue weighted by Gasteiger charge is -2.29. The topological polar surface area (TPSA) is 3.24 Å². The fraction of sp³-hybridized carbons (Fsp3) is 0.0492. The van der Waals surface area contributed by atoms with Crippen LogP contribution in [0.1, 0.15) is 25.0 Å². The van der Waals surface area contributed by atoms with Crippen molar-refractivity contribution in [2.24, 2.45) is 0 Å². The Morgan fingerprint density at radius 3 is 1.45 bits per heavy atom. The maximum Gasteiger partial charge on any atom is 0.0546 e. The van der Waals surface area contributed by atoms with Gasteiger partial charge in [0, 0.05) is 22.4 Å². The standard InChI is InChI=1S/C61H45N/c1-61(2)58-26-12-11-22-56(58)57-25-14-24-55(60(57)61)48-33-38-51(39-34-48)62(50-36-31-45(32-37-50)44-29-27-43(28-30-44)42-15-5-3-6-16-42)59-41-49(35-40-54(59)47-17-7-4-8-18-47)53-23-13-20-46-19-9-10-21-52(46)53/h3-41H,1-2H3. The molecule has 10 aromatic carbocycles. The number of rotatable bonds is 8. The van der Waals surface area contributed by atoms with E-state index in [9.17, 15) is 0 Å². The van der Waals surface area contributed by atoms with E-state index in [1.54, 1.807) is 0 Å². The van der Waals surface area contributed by atoms with Crippen molar-refractivity contribution in [2.45, 2.75) is 19.3 Å². The molecule has 0 unspecified atom stereocenters. The van der Waals surface area contributed by atoms with Gasteiger partial charge in [-0.05, 0) is 113 Å². The van der Waals surface area contributed by atoms with Gasteiger partial charge in [0.25, 0.3) is 0 Å². The van der Waals surface area contributed by atoms with E-state index in [1.165, 1.54) is 88.7 Å². The summed E-state index contributed by atoms with van der Waals surface area (Å²) in [5.74, 6) is 0. The first kappa shape index (κ1) is 37.3. The zero-order valence-electron chi connectivity index (χ0n) is 35.0. The Labute approximate surface area is 364 Å². The second-order valence-corrected chi connectivity index (χ2v) is 16.9. The van der Waals surface area contributed by atoms with Crippen LogP contribution in [0.2, 0.25) is 0 Å². The van der Waals surface area contributed by atoms with E-state index in [4.69, 9.17) is 0 Å². The van der Waals surface area contributed by atoms with Crippen molar-refractivity contribution in [3.05, 3.63) is 248 Å². The van der Waals surface area contributed by atoms with E-state index < -0.39 is 0 Å². The molecule has 0 aliphatic heterocycles. The van der Waals surface area contributed by atoms with Crippen LogP contribution in [0.5, 0.6) is 0 Å². The Morgan fingerprint density at radius 2 is 0.758 bits per heavy atom. The summed E-state index contributed by atoms with van der Waals surface area (Å²) in [4.78, 5) is 2.44. The van der Waals surface area contributed by atoms with Gasteiger partial charge in [-0.25, -0.2) is 0 Å². The van der Waals surface area contributed by atoms with Gasteiger partial charge in [0.15, 0.2) is 0 Å². The molecule has 10 aromatic rings. The average Bonchev–Trinajstić information content (AvgIpc) is 3.58. The molecule has 1 heteroatoms. The van der Waals surface area contributed by atoms with Crippen LogP contribution in [-0.4, -0.2) is 0 Å². The van der Waals surface area contributed by atoms with Crippen LogP contribution in [-0.2, 0) is 5.41 Å². The predicted octanol–water partition coefficient (Wildman–Crippen LogP) is 17.0. The molecule has 62 heavy (non-hydrogen) atoms. The van der Waals surface area contributed by atoms with Crippen molar-refractivity contribution in [3.63, 3.8) is 0 Å². The molecule has 0 radical (unpaired) electrons. The average molecular weight is 792 g/mol. The Bertz CT molecular complexity index is 3210. The quantitative estimate of drug-likeness (QED) is 0.148. The zero-order valence-corrected chi connectivity index (χ0v) is 35.0. The van der Waals surface area contributed by atoms with Crippen LogP contribution in [0.3, 0.4) is 0 Å². The van der Waals surface area contributed by atoms with Gasteiger partial charge in [0.05, 0.1) is 5.69 Å². The summed E-state index contributed by atoms with van der Waals surface area (Å²) in [6.45, 7) is 4.74. The molecule has 0 spiro atoms. The molecule has 0 heterocycles. The molecule has 1 aliphatic rings. The highest BCUT2D eigenvalue weighted by Gasteiger charge is 2.37. The number of hydrogen-bond acceptors (Lipinski definition) is 1. The van der Waals surface area contributed by atoms with E-state index in [2.05, 4.69) is 255 Å².